The molecule has 0 spiro atoms. The first-order valence-corrected chi connectivity index (χ1v) is 12.4. The quantitative estimate of drug-likeness (QED) is 0.597. The maximum absolute atomic E-state index is 13.1. The highest BCUT2D eigenvalue weighted by Crippen LogP contribution is 2.29. The molecule has 0 saturated carbocycles. The van der Waals surface area contributed by atoms with Gasteiger partial charge < -0.3 is 20.4 Å². The molecule has 0 bridgehead atoms. The van der Waals surface area contributed by atoms with Gasteiger partial charge in [-0.3, -0.25) is 4.79 Å². The molecule has 3 heterocycles. The molecule has 184 valence electrons. The molecular formula is C28H31N7O. The maximum Gasteiger partial charge on any atom is 0.224 e. The summed E-state index contributed by atoms with van der Waals surface area (Å²) in [7, 11) is 2.13. The number of carbonyl (C=O) groups excluding carboxylic acids is 1. The van der Waals surface area contributed by atoms with Gasteiger partial charge in [-0.1, -0.05) is 42.5 Å². The molecule has 2 aromatic carbocycles. The van der Waals surface area contributed by atoms with Crippen LogP contribution in [0, 0.1) is 11.3 Å². The van der Waals surface area contributed by atoms with E-state index in [9.17, 15) is 10.1 Å². The van der Waals surface area contributed by atoms with Crippen LogP contribution in [0.2, 0.25) is 0 Å². The first kappa shape index (κ1) is 23.8. The summed E-state index contributed by atoms with van der Waals surface area (Å²) in [4.78, 5) is 28.5. The van der Waals surface area contributed by atoms with Crippen molar-refractivity contribution in [2.45, 2.75) is 25.3 Å². The summed E-state index contributed by atoms with van der Waals surface area (Å²) in [5, 5.41) is 9.65. The smallest absolute Gasteiger partial charge is 0.224 e. The van der Waals surface area contributed by atoms with Gasteiger partial charge in [-0.05, 0) is 36.2 Å². The van der Waals surface area contributed by atoms with Gasteiger partial charge >= 0.3 is 0 Å². The van der Waals surface area contributed by atoms with Crippen LogP contribution in [0.5, 0.6) is 0 Å². The lowest BCUT2D eigenvalue weighted by atomic mass is 9.94. The zero-order valence-corrected chi connectivity index (χ0v) is 20.6. The fraction of sp³-hybridized carbons (Fsp3) is 0.357. The van der Waals surface area contributed by atoms with Crippen molar-refractivity contribution in [1.29, 1.82) is 5.26 Å². The lowest BCUT2D eigenvalue weighted by Gasteiger charge is -2.33. The van der Waals surface area contributed by atoms with Gasteiger partial charge in [0, 0.05) is 57.3 Å². The van der Waals surface area contributed by atoms with Crippen LogP contribution in [0.1, 0.15) is 29.0 Å². The minimum Gasteiger partial charge on any atom is -0.368 e. The number of rotatable bonds is 5. The fourth-order valence-electron chi connectivity index (χ4n) is 4.95. The second-order valence-corrected chi connectivity index (χ2v) is 9.61. The zero-order chi connectivity index (χ0) is 25.1. The number of piperazine rings is 1. The molecule has 1 fully saturated rings. The van der Waals surface area contributed by atoms with Gasteiger partial charge in [0.1, 0.15) is 5.82 Å². The average Bonchev–Trinajstić information content (AvgIpc) is 2.91. The molecule has 1 unspecified atom stereocenters. The monoisotopic (exact) mass is 481 g/mol. The number of fused-ring (bicyclic) bond motifs is 1. The Labute approximate surface area is 212 Å². The zero-order valence-electron chi connectivity index (χ0n) is 20.6. The molecule has 8 nitrogen and oxygen atoms in total. The van der Waals surface area contributed by atoms with Gasteiger partial charge in [0.05, 0.1) is 17.7 Å². The number of nitrogen functional groups attached to an aromatic ring is 1. The van der Waals surface area contributed by atoms with Gasteiger partial charge in [0.25, 0.3) is 0 Å². The van der Waals surface area contributed by atoms with Gasteiger partial charge in [-0.2, -0.15) is 10.2 Å². The summed E-state index contributed by atoms with van der Waals surface area (Å²) >= 11 is 0. The van der Waals surface area contributed by atoms with E-state index in [0.717, 1.165) is 60.8 Å². The Morgan fingerprint density at radius 1 is 1.03 bits per heavy atom. The van der Waals surface area contributed by atoms with Crippen molar-refractivity contribution in [2.24, 2.45) is 0 Å². The number of amides is 1. The van der Waals surface area contributed by atoms with Crippen molar-refractivity contribution in [1.82, 2.24) is 19.8 Å². The number of nitrogens with two attached hydrogens (primary N) is 1. The molecule has 8 heteroatoms. The van der Waals surface area contributed by atoms with Crippen molar-refractivity contribution in [3.63, 3.8) is 0 Å². The van der Waals surface area contributed by atoms with E-state index in [1.54, 1.807) is 0 Å². The van der Waals surface area contributed by atoms with E-state index < -0.39 is 5.92 Å². The summed E-state index contributed by atoms with van der Waals surface area (Å²) in [6.45, 7) is 4.96. The highest BCUT2D eigenvalue weighted by atomic mass is 16.2. The van der Waals surface area contributed by atoms with E-state index in [0.29, 0.717) is 13.1 Å². The Kier molecular flexibility index (Phi) is 6.83. The largest absolute Gasteiger partial charge is 0.368 e. The molecule has 1 atom stereocenters. The topological polar surface area (TPSA) is 102 Å². The van der Waals surface area contributed by atoms with E-state index in [1.807, 2.05) is 41.3 Å². The molecule has 1 amide bonds. The van der Waals surface area contributed by atoms with E-state index in [4.69, 9.17) is 5.73 Å². The normalized spacial score (nSPS) is 16.8. The Hall–Kier alpha value is -3.96. The lowest BCUT2D eigenvalue weighted by Crippen LogP contribution is -2.44. The predicted octanol–water partition coefficient (Wildman–Crippen LogP) is 3.06. The highest BCUT2D eigenvalue weighted by molar-refractivity contribution is 5.78. The van der Waals surface area contributed by atoms with Crippen LogP contribution in [0.3, 0.4) is 0 Å². The molecule has 3 aromatic rings. The minimum atomic E-state index is -0.441. The number of hydrogen-bond acceptors (Lipinski definition) is 7. The summed E-state index contributed by atoms with van der Waals surface area (Å²) in [5.74, 6) is 0.677. The predicted molar refractivity (Wildman–Crippen MR) is 140 cm³/mol. The van der Waals surface area contributed by atoms with Crippen LogP contribution in [0.15, 0.2) is 54.6 Å². The third-order valence-corrected chi connectivity index (χ3v) is 7.16. The number of likely N-dealkylation sites (N-methyl/N-ethyl adjacent to an activating group) is 1. The molecule has 2 N–H and O–H groups in total. The first-order valence-electron chi connectivity index (χ1n) is 12.4. The number of hydrogen-bond donors (Lipinski definition) is 1. The summed E-state index contributed by atoms with van der Waals surface area (Å²) in [6.07, 6.45) is 0.981. The van der Waals surface area contributed by atoms with Crippen molar-refractivity contribution < 1.29 is 4.79 Å². The number of nitriles is 1. The highest BCUT2D eigenvalue weighted by Gasteiger charge is 2.25. The van der Waals surface area contributed by atoms with Gasteiger partial charge in [0.15, 0.2) is 0 Å². The van der Waals surface area contributed by atoms with Gasteiger partial charge in [-0.15, -0.1) is 0 Å². The second-order valence-electron chi connectivity index (χ2n) is 9.61. The molecule has 36 heavy (non-hydrogen) atoms. The first-order chi connectivity index (χ1) is 17.5. The average molecular weight is 482 g/mol. The number of aromatic nitrogens is 2. The van der Waals surface area contributed by atoms with Crippen LogP contribution < -0.4 is 10.6 Å². The molecule has 0 aliphatic carbocycles. The Balaban J connectivity index is 1.33. The summed E-state index contributed by atoms with van der Waals surface area (Å²) < 4.78 is 0. The van der Waals surface area contributed by atoms with Crippen LogP contribution in [0.25, 0.3) is 11.3 Å². The number of anilines is 2. The number of nitrogens with zero attached hydrogens (tertiary/aromatic N) is 6. The van der Waals surface area contributed by atoms with E-state index in [-0.39, 0.29) is 18.3 Å². The van der Waals surface area contributed by atoms with Crippen molar-refractivity contribution >= 4 is 17.7 Å². The Morgan fingerprint density at radius 2 is 1.81 bits per heavy atom. The second kappa shape index (κ2) is 10.3. The van der Waals surface area contributed by atoms with Crippen LogP contribution in [-0.4, -0.2) is 65.4 Å². The maximum atomic E-state index is 13.1. The van der Waals surface area contributed by atoms with E-state index >= 15 is 0 Å². The summed E-state index contributed by atoms with van der Waals surface area (Å²) in [6, 6.07) is 20.1. The van der Waals surface area contributed by atoms with Gasteiger partial charge in [0.2, 0.25) is 11.9 Å². The third-order valence-electron chi connectivity index (χ3n) is 7.16. The molecular weight excluding hydrogens is 450 g/mol. The van der Waals surface area contributed by atoms with Crippen molar-refractivity contribution in [3.8, 4) is 17.3 Å². The Morgan fingerprint density at radius 3 is 2.56 bits per heavy atom. The number of benzene rings is 2. The van der Waals surface area contributed by atoms with Crippen molar-refractivity contribution in [2.75, 3.05) is 50.4 Å². The minimum absolute atomic E-state index is 0.00471. The molecule has 5 rings (SSSR count). The van der Waals surface area contributed by atoms with Crippen LogP contribution in [0.4, 0.5) is 11.8 Å². The molecule has 2 aliphatic rings. The molecule has 1 aromatic heterocycles. The van der Waals surface area contributed by atoms with Crippen LogP contribution >= 0.6 is 0 Å². The molecule has 2 aliphatic heterocycles. The Bertz CT molecular complexity index is 1280. The molecule has 0 radical (unpaired) electrons. The van der Waals surface area contributed by atoms with Crippen LogP contribution in [-0.2, 0) is 17.8 Å². The molecule has 1 saturated heterocycles. The van der Waals surface area contributed by atoms with Crippen molar-refractivity contribution in [3.05, 3.63) is 71.3 Å². The van der Waals surface area contributed by atoms with E-state index in [2.05, 4.69) is 51.1 Å². The summed E-state index contributed by atoms with van der Waals surface area (Å²) in [5.41, 5.74) is 11.1. The number of carbonyl (C=O) groups is 1. The lowest BCUT2D eigenvalue weighted by molar-refractivity contribution is -0.132. The SMILES string of the molecule is CN1CCN(c2cc(-c3ccc4c(c3)CN(C(=O)CC(C#N)c3ccccc3)CC4)nc(N)n2)CC1. The van der Waals surface area contributed by atoms with Gasteiger partial charge in [-0.25, -0.2) is 4.98 Å². The standard InChI is InChI=1S/C28H31N7O/c1-33-11-13-34(14-12-33)26-17-25(31-28(30)32-26)22-8-7-21-9-10-35(19-24(21)15-22)27(36)16-23(18-29)20-5-3-2-4-6-20/h2-8,15,17,23H,9-14,16,19H2,1H3,(H2,30,31,32). The van der Waals surface area contributed by atoms with E-state index in [1.165, 1.54) is 5.56 Å². The third kappa shape index (κ3) is 5.16. The fourth-order valence-corrected chi connectivity index (χ4v) is 4.95.